The second kappa shape index (κ2) is 14.2. The summed E-state index contributed by atoms with van der Waals surface area (Å²) >= 11 is 0. The fraction of sp³-hybridized carbons (Fsp3) is 0.971. The lowest BCUT2D eigenvalue weighted by Gasteiger charge is -2.62. The molecule has 4 fully saturated rings. The van der Waals surface area contributed by atoms with Gasteiger partial charge in [-0.3, -0.25) is 4.79 Å². The van der Waals surface area contributed by atoms with Crippen LogP contribution in [0.25, 0.3) is 0 Å². The number of hydrogen-bond donors (Lipinski definition) is 5. The molecular weight excluding hydrogens is 498 g/mol. The predicted molar refractivity (Wildman–Crippen MR) is 164 cm³/mol. The summed E-state index contributed by atoms with van der Waals surface area (Å²) < 4.78 is 0. The van der Waals surface area contributed by atoms with E-state index in [9.17, 15) is 15.0 Å². The Hall–Kier alpha value is -0.690. The van der Waals surface area contributed by atoms with E-state index in [2.05, 4.69) is 31.4 Å². The summed E-state index contributed by atoms with van der Waals surface area (Å²) in [6.07, 6.45) is 16.2. The van der Waals surface area contributed by atoms with Crippen LogP contribution in [0.2, 0.25) is 0 Å². The fourth-order valence-corrected chi connectivity index (χ4v) is 10.5. The topological polar surface area (TPSA) is 108 Å². The summed E-state index contributed by atoms with van der Waals surface area (Å²) in [5, 5.41) is 28.4. The number of aliphatic carboxylic acids is 1. The van der Waals surface area contributed by atoms with Gasteiger partial charge in [0.1, 0.15) is 0 Å². The molecule has 4 aliphatic carbocycles. The van der Waals surface area contributed by atoms with Gasteiger partial charge in [0.2, 0.25) is 0 Å². The van der Waals surface area contributed by atoms with Gasteiger partial charge >= 0.3 is 5.97 Å². The van der Waals surface area contributed by atoms with Gasteiger partial charge in [-0.15, -0.1) is 0 Å². The van der Waals surface area contributed by atoms with Crippen LogP contribution in [0, 0.1) is 52.3 Å². The lowest BCUT2D eigenvalue weighted by Crippen LogP contribution is -2.59. The Morgan fingerprint density at radius 1 is 0.900 bits per heavy atom. The minimum absolute atomic E-state index is 0.144. The number of carboxylic acids is 1. The van der Waals surface area contributed by atoms with Gasteiger partial charge in [0.15, 0.2) is 0 Å². The van der Waals surface area contributed by atoms with Crippen LogP contribution >= 0.6 is 0 Å². The smallest absolute Gasteiger partial charge is 0.306 e. The van der Waals surface area contributed by atoms with Gasteiger partial charge in [-0.1, -0.05) is 40.5 Å². The summed E-state index contributed by atoms with van der Waals surface area (Å²) in [5.41, 5.74) is 6.29. The lowest BCUT2D eigenvalue weighted by molar-refractivity contribution is -0.167. The molecule has 0 saturated heterocycles. The number of rotatable bonds is 15. The van der Waals surface area contributed by atoms with Crippen molar-refractivity contribution in [1.29, 1.82) is 0 Å². The number of nitrogens with one attached hydrogen (secondary N) is 2. The first-order chi connectivity index (χ1) is 19.1. The zero-order valence-corrected chi connectivity index (χ0v) is 26.3. The first kappa shape index (κ1) is 32.2. The average molecular weight is 562 g/mol. The molecule has 4 rings (SSSR count). The largest absolute Gasteiger partial charge is 0.481 e. The molecular formula is C34H63N3O3. The monoisotopic (exact) mass is 561 g/mol. The molecule has 0 aliphatic heterocycles. The van der Waals surface area contributed by atoms with Crippen LogP contribution in [0.3, 0.4) is 0 Å². The third-order valence-corrected chi connectivity index (χ3v) is 12.9. The second-order valence-electron chi connectivity index (χ2n) is 15.2. The molecule has 0 aromatic carbocycles. The van der Waals surface area contributed by atoms with E-state index in [1.807, 2.05) is 6.92 Å². The molecule has 40 heavy (non-hydrogen) atoms. The van der Waals surface area contributed by atoms with E-state index >= 15 is 0 Å². The Morgan fingerprint density at radius 3 is 2.38 bits per heavy atom. The number of hydrogen-bond acceptors (Lipinski definition) is 5. The maximum Gasteiger partial charge on any atom is 0.306 e. The van der Waals surface area contributed by atoms with Crippen LogP contribution in [0.15, 0.2) is 0 Å². The van der Waals surface area contributed by atoms with Crippen LogP contribution in [0.4, 0.5) is 0 Å². The molecule has 6 N–H and O–H groups in total. The number of carbonyl (C=O) groups is 1. The van der Waals surface area contributed by atoms with Crippen molar-refractivity contribution in [1.82, 2.24) is 10.6 Å². The predicted octanol–water partition coefficient (Wildman–Crippen LogP) is 5.82. The summed E-state index contributed by atoms with van der Waals surface area (Å²) in [7, 11) is 0. The number of unbranched alkanes of at least 4 members (excludes halogenated alkanes) is 1. The summed E-state index contributed by atoms with van der Waals surface area (Å²) in [6, 6.07) is 0.605. The maximum atomic E-state index is 11.7. The SMILES string of the molecule is C[C@H](CCC[C@@H](C)[C@H]1CCC2C3C(CC[C@@]21C)[C@@]1(C)CC[C@@H](NCCCNCCCCN)C[C@H]1C[C@H]3O)C(=O)O. The molecule has 11 atom stereocenters. The van der Waals surface area contributed by atoms with Gasteiger partial charge < -0.3 is 26.6 Å². The minimum Gasteiger partial charge on any atom is -0.481 e. The Morgan fingerprint density at radius 2 is 1.62 bits per heavy atom. The molecule has 232 valence electrons. The van der Waals surface area contributed by atoms with Gasteiger partial charge in [-0.05, 0) is 150 Å². The van der Waals surface area contributed by atoms with Crippen LogP contribution in [0.5, 0.6) is 0 Å². The third-order valence-electron chi connectivity index (χ3n) is 12.9. The Bertz CT molecular complexity index is 809. The van der Waals surface area contributed by atoms with E-state index in [-0.39, 0.29) is 12.0 Å². The molecule has 6 heteroatoms. The summed E-state index contributed by atoms with van der Waals surface area (Å²) in [4.78, 5) is 11.3. The Balaban J connectivity index is 1.29. The normalized spacial score (nSPS) is 40.6. The van der Waals surface area contributed by atoms with Gasteiger partial charge in [0.05, 0.1) is 12.0 Å². The van der Waals surface area contributed by atoms with Gasteiger partial charge in [0.25, 0.3) is 0 Å². The molecule has 0 amide bonds. The van der Waals surface area contributed by atoms with Gasteiger partial charge in [-0.25, -0.2) is 0 Å². The van der Waals surface area contributed by atoms with E-state index in [4.69, 9.17) is 5.73 Å². The van der Waals surface area contributed by atoms with Gasteiger partial charge in [-0.2, -0.15) is 0 Å². The first-order valence-corrected chi connectivity index (χ1v) is 17.2. The molecule has 0 heterocycles. The van der Waals surface area contributed by atoms with Crippen molar-refractivity contribution in [3.8, 4) is 0 Å². The molecule has 0 aromatic rings. The Labute approximate surface area is 245 Å². The van der Waals surface area contributed by atoms with Crippen LogP contribution in [0.1, 0.15) is 118 Å². The highest BCUT2D eigenvalue weighted by Crippen LogP contribution is 2.68. The molecule has 0 aromatic heterocycles. The first-order valence-electron chi connectivity index (χ1n) is 17.2. The van der Waals surface area contributed by atoms with Crippen molar-refractivity contribution in [2.75, 3.05) is 26.2 Å². The molecule has 4 saturated carbocycles. The maximum absolute atomic E-state index is 11.7. The third kappa shape index (κ3) is 6.92. The second-order valence-corrected chi connectivity index (χ2v) is 15.2. The van der Waals surface area contributed by atoms with Crippen molar-refractivity contribution in [2.45, 2.75) is 130 Å². The molecule has 6 nitrogen and oxygen atoms in total. The fourth-order valence-electron chi connectivity index (χ4n) is 10.5. The van der Waals surface area contributed by atoms with Crippen molar-refractivity contribution in [2.24, 2.45) is 58.0 Å². The van der Waals surface area contributed by atoms with Crippen molar-refractivity contribution in [3.05, 3.63) is 0 Å². The molecule has 0 bridgehead atoms. The van der Waals surface area contributed by atoms with Crippen molar-refractivity contribution in [3.63, 3.8) is 0 Å². The zero-order valence-electron chi connectivity index (χ0n) is 26.3. The molecule has 3 unspecified atom stereocenters. The molecule has 0 radical (unpaired) electrons. The summed E-state index contributed by atoms with van der Waals surface area (Å²) in [6.45, 7) is 13.5. The van der Waals surface area contributed by atoms with Crippen molar-refractivity contribution < 1.29 is 15.0 Å². The Kier molecular flexibility index (Phi) is 11.4. The van der Waals surface area contributed by atoms with E-state index < -0.39 is 5.97 Å². The standard InChI is InChI=1S/C34H63N3O3/c1-23(9-7-10-24(2)32(39)40)27-11-12-28-31-29(14-16-34(27,28)4)33(3)15-13-26(21-25(33)22-30(31)38)37-20-8-19-36-18-6-5-17-35/h23-31,36-38H,5-22,35H2,1-4H3,(H,39,40)/t23-,24-,25+,26-,27-,28?,29?,30-,31?,33+,34-/m1/s1. The average Bonchev–Trinajstić information content (AvgIpc) is 3.27. The van der Waals surface area contributed by atoms with E-state index in [0.29, 0.717) is 52.4 Å². The molecule has 4 aliphatic rings. The molecule has 0 spiro atoms. The number of aliphatic hydroxyl groups is 1. The highest BCUT2D eigenvalue weighted by Gasteiger charge is 2.62. The van der Waals surface area contributed by atoms with Crippen LogP contribution in [-0.2, 0) is 4.79 Å². The lowest BCUT2D eigenvalue weighted by atomic mass is 9.43. The number of carboxylic acid groups (broad SMARTS) is 1. The quantitative estimate of drug-likeness (QED) is 0.161. The number of nitrogens with two attached hydrogens (primary N) is 1. The minimum atomic E-state index is -0.663. The number of fused-ring (bicyclic) bond motifs is 5. The van der Waals surface area contributed by atoms with E-state index in [0.717, 1.165) is 58.3 Å². The highest BCUT2D eigenvalue weighted by atomic mass is 16.4. The highest BCUT2D eigenvalue weighted by molar-refractivity contribution is 5.69. The van der Waals surface area contributed by atoms with Crippen LogP contribution in [-0.4, -0.2) is 54.5 Å². The van der Waals surface area contributed by atoms with E-state index in [1.54, 1.807) is 0 Å². The zero-order chi connectivity index (χ0) is 28.9. The van der Waals surface area contributed by atoms with Crippen LogP contribution < -0.4 is 16.4 Å². The summed E-state index contributed by atoms with van der Waals surface area (Å²) in [5.74, 6) is 2.88. The van der Waals surface area contributed by atoms with E-state index in [1.165, 1.54) is 57.8 Å². The van der Waals surface area contributed by atoms with Crippen molar-refractivity contribution >= 4 is 5.97 Å². The number of aliphatic hydroxyl groups excluding tert-OH is 1. The van der Waals surface area contributed by atoms with Gasteiger partial charge in [0, 0.05) is 6.04 Å².